The highest BCUT2D eigenvalue weighted by Crippen LogP contribution is 2.27. The van der Waals surface area contributed by atoms with Gasteiger partial charge in [-0.1, -0.05) is 30.3 Å². The molecule has 0 amide bonds. The molecule has 0 aliphatic carbocycles. The molecule has 1 aliphatic rings. The number of β-amino-alcohol motifs (C(OH)–C–C–N with tert-alkyl or cyclic N) is 1. The molecule has 1 saturated heterocycles. The average Bonchev–Trinajstić information content (AvgIpc) is 2.46. The van der Waals surface area contributed by atoms with Gasteiger partial charge < -0.3 is 10.2 Å². The van der Waals surface area contributed by atoms with E-state index in [4.69, 9.17) is 0 Å². The molecule has 2 N–H and O–H groups in total. The van der Waals surface area contributed by atoms with Crippen LogP contribution in [0.15, 0.2) is 42.5 Å². The van der Waals surface area contributed by atoms with E-state index in [9.17, 15) is 15.0 Å². The maximum absolute atomic E-state index is 11.3. The van der Waals surface area contributed by atoms with Crippen molar-refractivity contribution in [2.24, 2.45) is 0 Å². The van der Waals surface area contributed by atoms with Gasteiger partial charge in [-0.3, -0.25) is 4.90 Å². The Balaban J connectivity index is 1.89. The first-order valence-corrected chi connectivity index (χ1v) is 7.37. The van der Waals surface area contributed by atoms with Crippen molar-refractivity contribution in [1.29, 1.82) is 0 Å². The summed E-state index contributed by atoms with van der Waals surface area (Å²) in [7, 11) is 0. The molecule has 1 fully saturated rings. The molecule has 0 atom stereocenters. The Morgan fingerprint density at radius 1 is 1.23 bits per heavy atom. The van der Waals surface area contributed by atoms with Crippen molar-refractivity contribution in [3.8, 4) is 11.1 Å². The third-order valence-electron chi connectivity index (χ3n) is 4.15. The molecule has 0 saturated carbocycles. The second kappa shape index (κ2) is 5.91. The van der Waals surface area contributed by atoms with Gasteiger partial charge in [-0.15, -0.1) is 0 Å². The molecule has 1 heterocycles. The fraction of sp³-hybridized carbons (Fsp3) is 0.278. The lowest BCUT2D eigenvalue weighted by atomic mass is 9.95. The second-order valence-corrected chi connectivity index (χ2v) is 5.83. The summed E-state index contributed by atoms with van der Waals surface area (Å²) in [6.45, 7) is 4.09. The lowest BCUT2D eigenvalue weighted by molar-refractivity contribution is -0.00285. The Bertz CT molecular complexity index is 705. The second-order valence-electron chi connectivity index (χ2n) is 5.83. The fourth-order valence-electron chi connectivity index (χ4n) is 2.95. The molecule has 0 aromatic heterocycles. The summed E-state index contributed by atoms with van der Waals surface area (Å²) < 4.78 is 0. The minimum absolute atomic E-state index is 0.197. The molecule has 0 spiro atoms. The Kier molecular flexibility index (Phi) is 3.96. The third-order valence-corrected chi connectivity index (χ3v) is 4.15. The monoisotopic (exact) mass is 297 g/mol. The van der Waals surface area contributed by atoms with E-state index in [1.165, 1.54) is 5.56 Å². The molecule has 2 aromatic carbocycles. The Morgan fingerprint density at radius 2 is 1.95 bits per heavy atom. The Labute approximate surface area is 129 Å². The van der Waals surface area contributed by atoms with E-state index >= 15 is 0 Å². The van der Waals surface area contributed by atoms with Crippen LogP contribution in [0.5, 0.6) is 0 Å². The zero-order chi connectivity index (χ0) is 15.7. The molecular weight excluding hydrogens is 278 g/mol. The third kappa shape index (κ3) is 2.89. The van der Waals surface area contributed by atoms with Crippen LogP contribution in [0.3, 0.4) is 0 Å². The van der Waals surface area contributed by atoms with E-state index in [1.807, 2.05) is 25.1 Å². The molecule has 0 unspecified atom stereocenters. The van der Waals surface area contributed by atoms with Gasteiger partial charge in [0, 0.05) is 19.6 Å². The van der Waals surface area contributed by atoms with Crippen molar-refractivity contribution in [2.45, 2.75) is 19.6 Å². The number of hydrogen-bond donors (Lipinski definition) is 2. The maximum atomic E-state index is 11.3. The summed E-state index contributed by atoms with van der Waals surface area (Å²) in [6, 6.07) is 13.5. The van der Waals surface area contributed by atoms with Gasteiger partial charge in [0.25, 0.3) is 0 Å². The molecule has 0 radical (unpaired) electrons. The number of nitrogens with zero attached hydrogens (tertiary/aromatic N) is 1. The van der Waals surface area contributed by atoms with Gasteiger partial charge in [0.1, 0.15) is 0 Å². The number of aliphatic hydroxyl groups excluding tert-OH is 1. The van der Waals surface area contributed by atoms with Crippen LogP contribution in [0.1, 0.15) is 21.5 Å². The zero-order valence-electron chi connectivity index (χ0n) is 12.5. The van der Waals surface area contributed by atoms with Gasteiger partial charge in [0.05, 0.1) is 11.7 Å². The van der Waals surface area contributed by atoms with Gasteiger partial charge in [-0.25, -0.2) is 4.79 Å². The van der Waals surface area contributed by atoms with Crippen LogP contribution in [0.4, 0.5) is 0 Å². The molecule has 114 valence electrons. The molecule has 4 nitrogen and oxygen atoms in total. The minimum atomic E-state index is -0.898. The summed E-state index contributed by atoms with van der Waals surface area (Å²) in [4.78, 5) is 13.4. The fourth-order valence-corrected chi connectivity index (χ4v) is 2.95. The van der Waals surface area contributed by atoms with E-state index in [0.717, 1.165) is 36.3 Å². The summed E-state index contributed by atoms with van der Waals surface area (Å²) in [5.74, 6) is -0.898. The first-order chi connectivity index (χ1) is 10.5. The van der Waals surface area contributed by atoms with Crippen molar-refractivity contribution < 1.29 is 15.0 Å². The highest BCUT2D eigenvalue weighted by atomic mass is 16.4. The lowest BCUT2D eigenvalue weighted by Crippen LogP contribution is -2.49. The summed E-state index contributed by atoms with van der Waals surface area (Å²) in [5.41, 5.74) is 4.27. The van der Waals surface area contributed by atoms with E-state index in [1.54, 1.807) is 12.1 Å². The predicted octanol–water partition coefficient (Wildman–Crippen LogP) is 2.54. The van der Waals surface area contributed by atoms with Crippen LogP contribution in [-0.4, -0.2) is 40.3 Å². The molecule has 3 rings (SSSR count). The van der Waals surface area contributed by atoms with E-state index in [-0.39, 0.29) is 6.10 Å². The topological polar surface area (TPSA) is 60.8 Å². The first kappa shape index (κ1) is 14.8. The maximum Gasteiger partial charge on any atom is 0.335 e. The van der Waals surface area contributed by atoms with Crippen LogP contribution in [0.25, 0.3) is 11.1 Å². The number of benzene rings is 2. The quantitative estimate of drug-likeness (QED) is 0.910. The number of hydrogen-bond acceptors (Lipinski definition) is 3. The number of aromatic carboxylic acids is 1. The number of aliphatic hydroxyl groups is 1. The summed E-state index contributed by atoms with van der Waals surface area (Å²) in [6.07, 6.45) is -0.197. The lowest BCUT2D eigenvalue weighted by Gasteiger charge is -2.35. The number of carboxylic acid groups (broad SMARTS) is 1. The van der Waals surface area contributed by atoms with Gasteiger partial charge in [-0.05, 0) is 41.3 Å². The van der Waals surface area contributed by atoms with Crippen molar-refractivity contribution >= 4 is 5.97 Å². The van der Waals surface area contributed by atoms with Crippen LogP contribution in [-0.2, 0) is 6.54 Å². The number of carbonyl (C=O) groups is 1. The Morgan fingerprint density at radius 3 is 2.64 bits per heavy atom. The van der Waals surface area contributed by atoms with Crippen molar-refractivity contribution in [2.75, 3.05) is 13.1 Å². The van der Waals surface area contributed by atoms with Gasteiger partial charge in [-0.2, -0.15) is 0 Å². The SMILES string of the molecule is Cc1c(C(=O)O)cccc1-c1cccc(CN2CC(O)C2)c1. The van der Waals surface area contributed by atoms with Crippen LogP contribution in [0, 0.1) is 6.92 Å². The van der Waals surface area contributed by atoms with Gasteiger partial charge >= 0.3 is 5.97 Å². The van der Waals surface area contributed by atoms with Crippen LogP contribution < -0.4 is 0 Å². The highest BCUT2D eigenvalue weighted by molar-refractivity contribution is 5.92. The molecular formula is C18H19NO3. The number of rotatable bonds is 4. The van der Waals surface area contributed by atoms with Crippen molar-refractivity contribution in [1.82, 2.24) is 4.90 Å². The predicted molar refractivity (Wildman–Crippen MR) is 84.9 cm³/mol. The Hall–Kier alpha value is -2.17. The molecule has 4 heteroatoms. The molecule has 0 bridgehead atoms. The zero-order valence-corrected chi connectivity index (χ0v) is 12.5. The van der Waals surface area contributed by atoms with Crippen LogP contribution >= 0.6 is 0 Å². The summed E-state index contributed by atoms with van der Waals surface area (Å²) in [5, 5.41) is 18.6. The van der Waals surface area contributed by atoms with Crippen LogP contribution in [0.2, 0.25) is 0 Å². The van der Waals surface area contributed by atoms with E-state index < -0.39 is 5.97 Å². The molecule has 22 heavy (non-hydrogen) atoms. The average molecular weight is 297 g/mol. The summed E-state index contributed by atoms with van der Waals surface area (Å²) >= 11 is 0. The molecule has 2 aromatic rings. The normalized spacial score (nSPS) is 15.5. The van der Waals surface area contributed by atoms with Crippen molar-refractivity contribution in [3.63, 3.8) is 0 Å². The highest BCUT2D eigenvalue weighted by Gasteiger charge is 2.24. The largest absolute Gasteiger partial charge is 0.478 e. The number of carboxylic acids is 1. The first-order valence-electron chi connectivity index (χ1n) is 7.37. The molecule has 1 aliphatic heterocycles. The van der Waals surface area contributed by atoms with E-state index in [2.05, 4.69) is 17.0 Å². The standard InChI is InChI=1S/C18H19NO3/c1-12-16(6-3-7-17(12)18(21)22)14-5-2-4-13(8-14)9-19-10-15(20)11-19/h2-8,15,20H,9-11H2,1H3,(H,21,22). The van der Waals surface area contributed by atoms with E-state index in [0.29, 0.717) is 5.56 Å². The van der Waals surface area contributed by atoms with Gasteiger partial charge in [0.2, 0.25) is 0 Å². The minimum Gasteiger partial charge on any atom is -0.478 e. The van der Waals surface area contributed by atoms with Crippen molar-refractivity contribution in [3.05, 3.63) is 59.2 Å². The van der Waals surface area contributed by atoms with Gasteiger partial charge in [0.15, 0.2) is 0 Å². The smallest absolute Gasteiger partial charge is 0.335 e. The number of likely N-dealkylation sites (tertiary alicyclic amines) is 1.